The summed E-state index contributed by atoms with van der Waals surface area (Å²) < 4.78 is 5.37. The lowest BCUT2D eigenvalue weighted by atomic mass is 10.1. The number of thioether (sulfide) groups is 1. The van der Waals surface area contributed by atoms with Crippen LogP contribution in [0.3, 0.4) is 0 Å². The Morgan fingerprint density at radius 1 is 1.40 bits per heavy atom. The standard InChI is InChI=1S/C18H20N4O2S/c1-11-5-6-13-14(8-11)20-18(19-13)25-10-17(23)22-7-3-4-15(22)16-9-12(2)21-24-16/h5-6,8-9,15H,3-4,7,10H2,1-2H3,(H,19,20). The third-order valence-electron chi connectivity index (χ3n) is 4.50. The van der Waals surface area contributed by atoms with Gasteiger partial charge in [-0.2, -0.15) is 0 Å². The topological polar surface area (TPSA) is 75.0 Å². The predicted molar refractivity (Wildman–Crippen MR) is 96.5 cm³/mol. The number of imidazole rings is 1. The molecule has 1 unspecified atom stereocenters. The molecule has 3 aromatic rings. The maximum absolute atomic E-state index is 12.7. The second-order valence-corrected chi connectivity index (χ2v) is 7.43. The molecule has 1 fully saturated rings. The van der Waals surface area contributed by atoms with Crippen molar-refractivity contribution < 1.29 is 9.32 Å². The average molecular weight is 356 g/mol. The minimum Gasteiger partial charge on any atom is -0.359 e. The zero-order chi connectivity index (χ0) is 17.4. The van der Waals surface area contributed by atoms with E-state index in [-0.39, 0.29) is 11.9 Å². The monoisotopic (exact) mass is 356 g/mol. The number of nitrogens with zero attached hydrogens (tertiary/aromatic N) is 3. The van der Waals surface area contributed by atoms with Crippen molar-refractivity contribution in [1.82, 2.24) is 20.0 Å². The first-order valence-electron chi connectivity index (χ1n) is 8.42. The molecule has 1 N–H and O–H groups in total. The lowest BCUT2D eigenvalue weighted by Gasteiger charge is -2.22. The fraction of sp³-hybridized carbons (Fsp3) is 0.389. The zero-order valence-electron chi connectivity index (χ0n) is 14.3. The summed E-state index contributed by atoms with van der Waals surface area (Å²) in [6, 6.07) is 8.03. The molecule has 3 heterocycles. The van der Waals surface area contributed by atoms with Crippen molar-refractivity contribution in [2.45, 2.75) is 37.9 Å². The van der Waals surface area contributed by atoms with E-state index >= 15 is 0 Å². The zero-order valence-corrected chi connectivity index (χ0v) is 15.1. The first-order valence-corrected chi connectivity index (χ1v) is 9.40. The van der Waals surface area contributed by atoms with Crippen molar-refractivity contribution in [2.75, 3.05) is 12.3 Å². The summed E-state index contributed by atoms with van der Waals surface area (Å²) >= 11 is 1.45. The van der Waals surface area contributed by atoms with Crippen LogP contribution in [-0.4, -0.2) is 38.2 Å². The van der Waals surface area contributed by atoms with Crippen LogP contribution >= 0.6 is 11.8 Å². The molecule has 0 saturated carbocycles. The number of aryl methyl sites for hydroxylation is 2. The van der Waals surface area contributed by atoms with E-state index in [4.69, 9.17) is 4.52 Å². The minimum absolute atomic E-state index is 0.00706. The van der Waals surface area contributed by atoms with Crippen molar-refractivity contribution in [3.8, 4) is 0 Å². The summed E-state index contributed by atoms with van der Waals surface area (Å²) in [4.78, 5) is 22.4. The molecule has 130 valence electrons. The highest BCUT2D eigenvalue weighted by Crippen LogP contribution is 2.33. The number of nitrogens with one attached hydrogen (secondary N) is 1. The highest BCUT2D eigenvalue weighted by molar-refractivity contribution is 7.99. The highest BCUT2D eigenvalue weighted by atomic mass is 32.2. The fourth-order valence-corrected chi connectivity index (χ4v) is 4.05. The quantitative estimate of drug-likeness (QED) is 0.723. The van der Waals surface area contributed by atoms with Gasteiger partial charge < -0.3 is 14.4 Å². The molecule has 1 atom stereocenters. The van der Waals surface area contributed by atoms with Gasteiger partial charge in [-0.1, -0.05) is 23.0 Å². The normalized spacial score (nSPS) is 17.5. The van der Waals surface area contributed by atoms with E-state index in [2.05, 4.69) is 28.1 Å². The second-order valence-electron chi connectivity index (χ2n) is 6.47. The molecule has 0 bridgehead atoms. The van der Waals surface area contributed by atoms with Crippen molar-refractivity contribution in [3.05, 3.63) is 41.3 Å². The van der Waals surface area contributed by atoms with E-state index in [0.717, 1.165) is 47.0 Å². The molecule has 2 aromatic heterocycles. The molecule has 1 amide bonds. The number of aromatic amines is 1. The molecule has 1 saturated heterocycles. The maximum Gasteiger partial charge on any atom is 0.233 e. The molecule has 7 heteroatoms. The Labute approximate surface area is 150 Å². The van der Waals surface area contributed by atoms with Gasteiger partial charge >= 0.3 is 0 Å². The average Bonchev–Trinajstić information content (AvgIpc) is 3.30. The van der Waals surface area contributed by atoms with Gasteiger partial charge in [-0.05, 0) is 44.4 Å². The Kier molecular flexibility index (Phi) is 4.25. The Bertz CT molecular complexity index is 917. The van der Waals surface area contributed by atoms with E-state index in [1.807, 2.05) is 30.0 Å². The summed E-state index contributed by atoms with van der Waals surface area (Å²) in [6.07, 6.45) is 1.92. The summed E-state index contributed by atoms with van der Waals surface area (Å²) in [5, 5.41) is 4.72. The molecule has 0 aliphatic carbocycles. The third-order valence-corrected chi connectivity index (χ3v) is 5.35. The van der Waals surface area contributed by atoms with Gasteiger partial charge in [-0.15, -0.1) is 0 Å². The first kappa shape index (κ1) is 16.2. The Hall–Kier alpha value is -2.28. The first-order chi connectivity index (χ1) is 12.1. The Morgan fingerprint density at radius 2 is 2.28 bits per heavy atom. The van der Waals surface area contributed by atoms with Crippen LogP contribution in [0, 0.1) is 13.8 Å². The van der Waals surface area contributed by atoms with Crippen LogP contribution in [0.1, 0.15) is 35.9 Å². The number of hydrogen-bond acceptors (Lipinski definition) is 5. The lowest BCUT2D eigenvalue weighted by molar-refractivity contribution is -0.129. The van der Waals surface area contributed by atoms with Gasteiger partial charge in [0.2, 0.25) is 5.91 Å². The number of rotatable bonds is 4. The number of H-pyrrole nitrogens is 1. The lowest BCUT2D eigenvalue weighted by Crippen LogP contribution is -2.31. The van der Waals surface area contributed by atoms with Gasteiger partial charge in [0, 0.05) is 12.6 Å². The largest absolute Gasteiger partial charge is 0.359 e. The minimum atomic E-state index is 0.00706. The van der Waals surface area contributed by atoms with Gasteiger partial charge in [0.15, 0.2) is 10.9 Å². The van der Waals surface area contributed by atoms with Crippen molar-refractivity contribution in [2.24, 2.45) is 0 Å². The van der Waals surface area contributed by atoms with E-state index < -0.39 is 0 Å². The molecule has 1 aliphatic rings. The third kappa shape index (κ3) is 3.28. The molecule has 4 rings (SSSR count). The highest BCUT2D eigenvalue weighted by Gasteiger charge is 2.32. The molecule has 1 aromatic carbocycles. The molecule has 6 nitrogen and oxygen atoms in total. The van der Waals surface area contributed by atoms with Crippen LogP contribution in [0.2, 0.25) is 0 Å². The summed E-state index contributed by atoms with van der Waals surface area (Å²) in [5.74, 6) is 1.26. The van der Waals surface area contributed by atoms with E-state index in [1.165, 1.54) is 17.3 Å². The maximum atomic E-state index is 12.7. The number of fused-ring (bicyclic) bond motifs is 1. The van der Waals surface area contributed by atoms with Crippen LogP contribution in [0.4, 0.5) is 0 Å². The molecule has 1 aliphatic heterocycles. The van der Waals surface area contributed by atoms with Crippen LogP contribution in [-0.2, 0) is 4.79 Å². The number of carbonyl (C=O) groups is 1. The molecular weight excluding hydrogens is 336 g/mol. The molecule has 0 radical (unpaired) electrons. The van der Waals surface area contributed by atoms with Gasteiger partial charge in [-0.25, -0.2) is 4.98 Å². The fourth-order valence-electron chi connectivity index (χ4n) is 3.28. The van der Waals surface area contributed by atoms with Crippen LogP contribution in [0.5, 0.6) is 0 Å². The number of amides is 1. The van der Waals surface area contributed by atoms with Crippen molar-refractivity contribution >= 4 is 28.7 Å². The van der Waals surface area contributed by atoms with Crippen LogP contribution < -0.4 is 0 Å². The number of benzene rings is 1. The summed E-state index contributed by atoms with van der Waals surface area (Å²) in [7, 11) is 0. The smallest absolute Gasteiger partial charge is 0.233 e. The number of aromatic nitrogens is 3. The van der Waals surface area contributed by atoms with Gasteiger partial charge in [0.1, 0.15) is 0 Å². The van der Waals surface area contributed by atoms with Gasteiger partial charge in [0.05, 0.1) is 28.5 Å². The predicted octanol–water partition coefficient (Wildman–Crippen LogP) is 3.62. The van der Waals surface area contributed by atoms with Gasteiger partial charge in [0.25, 0.3) is 0 Å². The molecule has 0 spiro atoms. The Balaban J connectivity index is 1.43. The van der Waals surface area contributed by atoms with Crippen LogP contribution in [0.15, 0.2) is 33.9 Å². The molecule has 25 heavy (non-hydrogen) atoms. The SMILES string of the molecule is Cc1ccc2nc(SCC(=O)N3CCCC3c3cc(C)no3)[nH]c2c1. The number of likely N-dealkylation sites (tertiary alicyclic amines) is 1. The Morgan fingerprint density at radius 3 is 3.08 bits per heavy atom. The number of carbonyl (C=O) groups excluding carboxylic acids is 1. The van der Waals surface area contributed by atoms with Crippen molar-refractivity contribution in [3.63, 3.8) is 0 Å². The van der Waals surface area contributed by atoms with Gasteiger partial charge in [-0.3, -0.25) is 4.79 Å². The van der Waals surface area contributed by atoms with E-state index in [0.29, 0.717) is 5.75 Å². The number of hydrogen-bond donors (Lipinski definition) is 1. The van der Waals surface area contributed by atoms with E-state index in [9.17, 15) is 4.79 Å². The molecular formula is C18H20N4O2S. The van der Waals surface area contributed by atoms with Crippen molar-refractivity contribution in [1.29, 1.82) is 0 Å². The summed E-state index contributed by atoms with van der Waals surface area (Å²) in [6.45, 7) is 4.71. The van der Waals surface area contributed by atoms with Crippen LogP contribution in [0.25, 0.3) is 11.0 Å². The van der Waals surface area contributed by atoms with E-state index in [1.54, 1.807) is 0 Å². The summed E-state index contributed by atoms with van der Waals surface area (Å²) in [5.41, 5.74) is 3.97. The second kappa shape index (κ2) is 6.55.